The maximum absolute atomic E-state index is 9.74. The Morgan fingerprint density at radius 1 is 1.32 bits per heavy atom. The number of thiazole rings is 1. The van der Waals surface area contributed by atoms with E-state index in [1.54, 1.807) is 23.5 Å². The van der Waals surface area contributed by atoms with Crippen molar-refractivity contribution in [2.24, 2.45) is 0 Å². The van der Waals surface area contributed by atoms with Crippen molar-refractivity contribution in [2.75, 3.05) is 0 Å². The van der Waals surface area contributed by atoms with Crippen LogP contribution in [0.15, 0.2) is 18.2 Å². The number of nitrogens with zero attached hydrogens (tertiary/aromatic N) is 1. The molecule has 19 heavy (non-hydrogen) atoms. The molecule has 5 heteroatoms. The van der Waals surface area contributed by atoms with Gasteiger partial charge in [0, 0.05) is 23.0 Å². The van der Waals surface area contributed by atoms with Gasteiger partial charge in [0.05, 0.1) is 10.7 Å². The third-order valence-electron chi connectivity index (χ3n) is 3.03. The number of aromatic nitrogens is 1. The van der Waals surface area contributed by atoms with Crippen molar-refractivity contribution in [3.05, 3.63) is 39.3 Å². The summed E-state index contributed by atoms with van der Waals surface area (Å²) in [7, 11) is 0. The van der Waals surface area contributed by atoms with E-state index in [4.69, 9.17) is 0 Å². The van der Waals surface area contributed by atoms with Gasteiger partial charge < -0.3 is 15.5 Å². The van der Waals surface area contributed by atoms with Crippen molar-refractivity contribution in [3.63, 3.8) is 0 Å². The molecule has 1 atom stereocenters. The molecule has 0 bridgehead atoms. The van der Waals surface area contributed by atoms with Gasteiger partial charge in [0.2, 0.25) is 0 Å². The lowest BCUT2D eigenvalue weighted by Crippen LogP contribution is -2.18. The van der Waals surface area contributed by atoms with Gasteiger partial charge in [-0.1, -0.05) is 12.1 Å². The highest BCUT2D eigenvalue weighted by molar-refractivity contribution is 7.11. The quantitative estimate of drug-likeness (QED) is 0.752. The fraction of sp³-hybridized carbons (Fsp3) is 0.357. The molecule has 0 spiro atoms. The minimum absolute atomic E-state index is 0.0561. The lowest BCUT2D eigenvalue weighted by atomic mass is 10.1. The van der Waals surface area contributed by atoms with Gasteiger partial charge in [-0.05, 0) is 26.8 Å². The van der Waals surface area contributed by atoms with Gasteiger partial charge in [0.25, 0.3) is 0 Å². The number of hydrogen-bond acceptors (Lipinski definition) is 5. The molecule has 0 aliphatic carbocycles. The molecular weight excluding hydrogens is 260 g/mol. The van der Waals surface area contributed by atoms with Crippen LogP contribution in [0.2, 0.25) is 0 Å². The monoisotopic (exact) mass is 278 g/mol. The van der Waals surface area contributed by atoms with Gasteiger partial charge in [-0.15, -0.1) is 11.3 Å². The van der Waals surface area contributed by atoms with E-state index < -0.39 is 0 Å². The molecule has 0 aliphatic heterocycles. The molecular formula is C14H18N2O2S. The predicted octanol–water partition coefficient (Wildman–Crippen LogP) is 3.02. The van der Waals surface area contributed by atoms with Gasteiger partial charge in [0.15, 0.2) is 11.5 Å². The number of aryl methyl sites for hydroxylation is 2. The zero-order valence-electron chi connectivity index (χ0n) is 11.3. The van der Waals surface area contributed by atoms with Crippen LogP contribution in [0.5, 0.6) is 11.5 Å². The van der Waals surface area contributed by atoms with Crippen LogP contribution in [0.3, 0.4) is 0 Å². The molecule has 1 aromatic heterocycles. The SMILES string of the molecule is Cc1nc(C)c(C(C)NCc2cccc(O)c2O)s1. The normalized spacial score (nSPS) is 12.6. The fourth-order valence-electron chi connectivity index (χ4n) is 2.02. The van der Waals surface area contributed by atoms with Crippen LogP contribution in [-0.2, 0) is 6.54 Å². The number of para-hydroxylation sites is 1. The van der Waals surface area contributed by atoms with Gasteiger partial charge >= 0.3 is 0 Å². The van der Waals surface area contributed by atoms with E-state index in [-0.39, 0.29) is 17.5 Å². The highest BCUT2D eigenvalue weighted by Gasteiger charge is 2.13. The van der Waals surface area contributed by atoms with Crippen LogP contribution in [0.4, 0.5) is 0 Å². The van der Waals surface area contributed by atoms with Crippen molar-refractivity contribution in [1.29, 1.82) is 0 Å². The number of hydrogen-bond donors (Lipinski definition) is 3. The summed E-state index contributed by atoms with van der Waals surface area (Å²) in [5, 5.41) is 23.6. The fourth-order valence-corrected chi connectivity index (χ4v) is 2.98. The van der Waals surface area contributed by atoms with Crippen molar-refractivity contribution in [3.8, 4) is 11.5 Å². The molecule has 1 heterocycles. The Bertz CT molecular complexity index is 581. The second-order valence-electron chi connectivity index (χ2n) is 4.57. The number of nitrogens with one attached hydrogen (secondary N) is 1. The van der Waals surface area contributed by atoms with E-state index in [1.165, 1.54) is 10.9 Å². The average Bonchev–Trinajstić information content (AvgIpc) is 2.70. The molecule has 0 aliphatic rings. The van der Waals surface area contributed by atoms with Crippen LogP contribution >= 0.6 is 11.3 Å². The number of aromatic hydroxyl groups is 2. The first kappa shape index (κ1) is 13.8. The molecule has 4 nitrogen and oxygen atoms in total. The predicted molar refractivity (Wildman–Crippen MR) is 76.6 cm³/mol. The molecule has 0 radical (unpaired) electrons. The first-order valence-corrected chi connectivity index (χ1v) is 6.97. The Labute approximate surface area is 116 Å². The largest absolute Gasteiger partial charge is 0.504 e. The number of rotatable bonds is 4. The third-order valence-corrected chi connectivity index (χ3v) is 4.29. The molecule has 2 rings (SSSR count). The number of phenolic OH excluding ortho intramolecular Hbond substituents is 2. The maximum atomic E-state index is 9.74. The standard InChI is InChI=1S/C14H18N2O2S/c1-8(14-9(2)16-10(3)19-14)15-7-11-5-4-6-12(17)13(11)18/h4-6,8,15,17-18H,7H2,1-3H3. The van der Waals surface area contributed by atoms with Crippen LogP contribution in [0.25, 0.3) is 0 Å². The molecule has 1 unspecified atom stereocenters. The highest BCUT2D eigenvalue weighted by Crippen LogP contribution is 2.29. The zero-order chi connectivity index (χ0) is 14.0. The van der Waals surface area contributed by atoms with E-state index in [9.17, 15) is 10.2 Å². The van der Waals surface area contributed by atoms with E-state index in [2.05, 4.69) is 17.2 Å². The Morgan fingerprint density at radius 2 is 2.05 bits per heavy atom. The first-order chi connectivity index (χ1) is 8.99. The van der Waals surface area contributed by atoms with Crippen LogP contribution < -0.4 is 5.32 Å². The van der Waals surface area contributed by atoms with Crippen molar-refractivity contribution in [1.82, 2.24) is 10.3 Å². The molecule has 2 aromatic rings. The summed E-state index contributed by atoms with van der Waals surface area (Å²) >= 11 is 1.68. The van der Waals surface area contributed by atoms with Gasteiger partial charge in [0.1, 0.15) is 0 Å². The highest BCUT2D eigenvalue weighted by atomic mass is 32.1. The average molecular weight is 278 g/mol. The maximum Gasteiger partial charge on any atom is 0.161 e. The third kappa shape index (κ3) is 3.05. The molecule has 1 aromatic carbocycles. The molecule has 0 fully saturated rings. The minimum Gasteiger partial charge on any atom is -0.504 e. The molecule has 0 saturated carbocycles. The molecule has 0 saturated heterocycles. The van der Waals surface area contributed by atoms with Crippen molar-refractivity contribution < 1.29 is 10.2 Å². The van der Waals surface area contributed by atoms with E-state index >= 15 is 0 Å². The van der Waals surface area contributed by atoms with E-state index in [1.807, 2.05) is 13.8 Å². The summed E-state index contributed by atoms with van der Waals surface area (Å²) in [4.78, 5) is 5.61. The summed E-state index contributed by atoms with van der Waals surface area (Å²) in [5.74, 6) is -0.142. The van der Waals surface area contributed by atoms with E-state index in [0.717, 1.165) is 10.7 Å². The van der Waals surface area contributed by atoms with Crippen molar-refractivity contribution >= 4 is 11.3 Å². The van der Waals surface area contributed by atoms with Crippen LogP contribution in [0, 0.1) is 13.8 Å². The Kier molecular flexibility index (Phi) is 4.07. The smallest absolute Gasteiger partial charge is 0.161 e. The topological polar surface area (TPSA) is 65.4 Å². The summed E-state index contributed by atoms with van der Waals surface area (Å²) in [6, 6.07) is 5.14. The second-order valence-corrected chi connectivity index (χ2v) is 5.80. The number of benzene rings is 1. The summed E-state index contributed by atoms with van der Waals surface area (Å²) in [6.07, 6.45) is 0. The van der Waals surface area contributed by atoms with Crippen LogP contribution in [0.1, 0.15) is 34.1 Å². The zero-order valence-corrected chi connectivity index (χ0v) is 12.1. The van der Waals surface area contributed by atoms with Gasteiger partial charge in [-0.2, -0.15) is 0 Å². The Balaban J connectivity index is 2.06. The van der Waals surface area contributed by atoms with Crippen LogP contribution in [-0.4, -0.2) is 15.2 Å². The van der Waals surface area contributed by atoms with Gasteiger partial charge in [-0.3, -0.25) is 0 Å². The Morgan fingerprint density at radius 3 is 2.68 bits per heavy atom. The summed E-state index contributed by atoms with van der Waals surface area (Å²) in [5.41, 5.74) is 1.73. The summed E-state index contributed by atoms with van der Waals surface area (Å²) < 4.78 is 0. The minimum atomic E-state index is -0.0863. The molecule has 102 valence electrons. The number of phenols is 2. The van der Waals surface area contributed by atoms with Gasteiger partial charge in [-0.25, -0.2) is 4.98 Å². The van der Waals surface area contributed by atoms with Crippen molar-refractivity contribution in [2.45, 2.75) is 33.4 Å². The van der Waals surface area contributed by atoms with E-state index in [0.29, 0.717) is 12.1 Å². The summed E-state index contributed by atoms with van der Waals surface area (Å²) in [6.45, 7) is 6.56. The molecule has 3 N–H and O–H groups in total. The second kappa shape index (κ2) is 5.59. The lowest BCUT2D eigenvalue weighted by Gasteiger charge is -2.14. The molecule has 0 amide bonds. The first-order valence-electron chi connectivity index (χ1n) is 6.16. The lowest BCUT2D eigenvalue weighted by molar-refractivity contribution is 0.396. The Hall–Kier alpha value is -1.59.